The summed E-state index contributed by atoms with van der Waals surface area (Å²) in [6, 6.07) is 0. The van der Waals surface area contributed by atoms with Gasteiger partial charge in [-0.15, -0.1) is 0 Å². The SMILES string of the molecule is CC(C)CNCCCNCC(C)S(C)(=O)=O. The second kappa shape index (κ2) is 8.03. The topological polar surface area (TPSA) is 58.2 Å². The van der Waals surface area contributed by atoms with Gasteiger partial charge in [0.25, 0.3) is 0 Å². The Morgan fingerprint density at radius 1 is 1.00 bits per heavy atom. The van der Waals surface area contributed by atoms with Crippen molar-refractivity contribution in [3.05, 3.63) is 0 Å². The van der Waals surface area contributed by atoms with E-state index in [-0.39, 0.29) is 5.25 Å². The maximum atomic E-state index is 11.1. The molecule has 0 saturated heterocycles. The number of hydrogen-bond acceptors (Lipinski definition) is 4. The fourth-order valence-electron chi connectivity index (χ4n) is 1.19. The Morgan fingerprint density at radius 2 is 1.50 bits per heavy atom. The van der Waals surface area contributed by atoms with Crippen molar-refractivity contribution < 1.29 is 8.42 Å². The highest BCUT2D eigenvalue weighted by atomic mass is 32.2. The number of rotatable bonds is 9. The normalized spacial score (nSPS) is 14.3. The summed E-state index contributed by atoms with van der Waals surface area (Å²) >= 11 is 0. The van der Waals surface area contributed by atoms with E-state index < -0.39 is 9.84 Å². The summed E-state index contributed by atoms with van der Waals surface area (Å²) in [5.74, 6) is 0.679. The van der Waals surface area contributed by atoms with Crippen LogP contribution in [0.3, 0.4) is 0 Å². The van der Waals surface area contributed by atoms with Gasteiger partial charge in [-0.25, -0.2) is 8.42 Å². The molecule has 0 saturated carbocycles. The largest absolute Gasteiger partial charge is 0.316 e. The highest BCUT2D eigenvalue weighted by Gasteiger charge is 2.13. The predicted octanol–water partition coefficient (Wildman–Crippen LogP) is 0.645. The first-order valence-corrected chi connectivity index (χ1v) is 7.89. The van der Waals surface area contributed by atoms with Crippen LogP contribution in [0.1, 0.15) is 27.2 Å². The highest BCUT2D eigenvalue weighted by molar-refractivity contribution is 7.91. The van der Waals surface area contributed by atoms with E-state index in [1.807, 2.05) is 0 Å². The number of sulfone groups is 1. The lowest BCUT2D eigenvalue weighted by Gasteiger charge is -2.11. The van der Waals surface area contributed by atoms with Crippen LogP contribution in [0.2, 0.25) is 0 Å². The molecule has 0 aromatic heterocycles. The van der Waals surface area contributed by atoms with E-state index in [2.05, 4.69) is 24.5 Å². The van der Waals surface area contributed by atoms with Crippen molar-refractivity contribution in [3.8, 4) is 0 Å². The Kier molecular flexibility index (Phi) is 7.97. The van der Waals surface area contributed by atoms with Crippen molar-refractivity contribution in [2.24, 2.45) is 5.92 Å². The van der Waals surface area contributed by atoms with Crippen LogP contribution in [-0.4, -0.2) is 46.1 Å². The smallest absolute Gasteiger partial charge is 0.151 e. The third kappa shape index (κ3) is 9.12. The molecule has 0 radical (unpaired) electrons. The molecule has 1 unspecified atom stereocenters. The van der Waals surface area contributed by atoms with E-state index in [1.54, 1.807) is 6.92 Å². The lowest BCUT2D eigenvalue weighted by Crippen LogP contribution is -2.32. The van der Waals surface area contributed by atoms with Gasteiger partial charge < -0.3 is 10.6 Å². The molecule has 0 amide bonds. The van der Waals surface area contributed by atoms with Gasteiger partial charge in [-0.2, -0.15) is 0 Å². The average molecular weight is 250 g/mol. The fourth-order valence-corrected chi connectivity index (χ4v) is 1.61. The third-order valence-corrected chi connectivity index (χ3v) is 4.05. The molecule has 5 heteroatoms. The minimum absolute atomic E-state index is 0.295. The summed E-state index contributed by atoms with van der Waals surface area (Å²) in [4.78, 5) is 0. The third-order valence-electron chi connectivity index (χ3n) is 2.42. The van der Waals surface area contributed by atoms with Crippen molar-refractivity contribution in [3.63, 3.8) is 0 Å². The van der Waals surface area contributed by atoms with Crippen LogP contribution in [0.15, 0.2) is 0 Å². The van der Waals surface area contributed by atoms with Gasteiger partial charge in [0, 0.05) is 12.8 Å². The minimum atomic E-state index is -2.89. The molecule has 4 nitrogen and oxygen atoms in total. The molecule has 0 aromatic rings. The van der Waals surface area contributed by atoms with E-state index >= 15 is 0 Å². The summed E-state index contributed by atoms with van der Waals surface area (Å²) < 4.78 is 22.2. The summed E-state index contributed by atoms with van der Waals surface area (Å²) in [7, 11) is -2.89. The molecule has 0 aliphatic heterocycles. The first-order valence-electron chi connectivity index (χ1n) is 5.94. The molecule has 0 heterocycles. The Labute approximate surface area is 100 Å². The van der Waals surface area contributed by atoms with Crippen LogP contribution in [0.25, 0.3) is 0 Å². The number of nitrogens with one attached hydrogen (secondary N) is 2. The van der Waals surface area contributed by atoms with Gasteiger partial charge in [-0.3, -0.25) is 0 Å². The zero-order valence-electron chi connectivity index (χ0n) is 10.9. The molecular weight excluding hydrogens is 224 g/mol. The van der Waals surface area contributed by atoms with Gasteiger partial charge in [-0.05, 0) is 38.9 Å². The van der Waals surface area contributed by atoms with E-state index in [0.717, 1.165) is 26.1 Å². The van der Waals surface area contributed by atoms with Crippen molar-refractivity contribution in [2.75, 3.05) is 32.4 Å². The summed E-state index contributed by atoms with van der Waals surface area (Å²) in [5.41, 5.74) is 0. The molecular formula is C11H26N2O2S. The molecule has 98 valence electrons. The van der Waals surface area contributed by atoms with Gasteiger partial charge in [0.2, 0.25) is 0 Å². The second-order valence-corrected chi connectivity index (χ2v) is 7.26. The molecule has 2 N–H and O–H groups in total. The molecule has 0 spiro atoms. The van der Waals surface area contributed by atoms with Gasteiger partial charge in [0.05, 0.1) is 5.25 Å². The Hall–Kier alpha value is -0.130. The maximum absolute atomic E-state index is 11.1. The molecule has 16 heavy (non-hydrogen) atoms. The van der Waals surface area contributed by atoms with Crippen LogP contribution in [0.5, 0.6) is 0 Å². The highest BCUT2D eigenvalue weighted by Crippen LogP contribution is 1.95. The first kappa shape index (κ1) is 15.9. The quantitative estimate of drug-likeness (QED) is 0.590. The van der Waals surface area contributed by atoms with E-state index in [9.17, 15) is 8.42 Å². The van der Waals surface area contributed by atoms with E-state index in [0.29, 0.717) is 12.5 Å². The average Bonchev–Trinajstić information content (AvgIpc) is 2.14. The minimum Gasteiger partial charge on any atom is -0.316 e. The van der Waals surface area contributed by atoms with Crippen LogP contribution in [0, 0.1) is 5.92 Å². The van der Waals surface area contributed by atoms with Crippen LogP contribution >= 0.6 is 0 Å². The Morgan fingerprint density at radius 3 is 1.94 bits per heavy atom. The molecule has 0 aliphatic rings. The fraction of sp³-hybridized carbons (Fsp3) is 1.00. The van der Waals surface area contributed by atoms with E-state index in [1.165, 1.54) is 6.26 Å². The zero-order chi connectivity index (χ0) is 12.6. The second-order valence-electron chi connectivity index (χ2n) is 4.80. The molecule has 0 bridgehead atoms. The molecule has 0 aliphatic carbocycles. The number of hydrogen-bond donors (Lipinski definition) is 2. The van der Waals surface area contributed by atoms with Gasteiger partial charge in [0.1, 0.15) is 0 Å². The predicted molar refractivity (Wildman–Crippen MR) is 69.5 cm³/mol. The standard InChI is InChI=1S/C11H26N2O2S/c1-10(2)8-12-6-5-7-13-9-11(3)16(4,14)15/h10-13H,5-9H2,1-4H3. The van der Waals surface area contributed by atoms with Gasteiger partial charge in [0.15, 0.2) is 9.84 Å². The summed E-state index contributed by atoms with van der Waals surface area (Å²) in [6.45, 7) is 9.53. The molecule has 0 aromatic carbocycles. The summed E-state index contributed by atoms with van der Waals surface area (Å²) in [5, 5.41) is 6.21. The zero-order valence-corrected chi connectivity index (χ0v) is 11.7. The monoisotopic (exact) mass is 250 g/mol. The maximum Gasteiger partial charge on any atom is 0.151 e. The van der Waals surface area contributed by atoms with Crippen LogP contribution < -0.4 is 10.6 Å². The Bertz CT molecular complexity index is 263. The Balaban J connectivity index is 3.34. The molecule has 0 fully saturated rings. The van der Waals surface area contributed by atoms with Crippen molar-refractivity contribution >= 4 is 9.84 Å². The molecule has 0 rings (SSSR count). The van der Waals surface area contributed by atoms with Gasteiger partial charge in [-0.1, -0.05) is 13.8 Å². The molecule has 1 atom stereocenters. The first-order chi connectivity index (χ1) is 7.34. The van der Waals surface area contributed by atoms with Crippen molar-refractivity contribution in [1.29, 1.82) is 0 Å². The lowest BCUT2D eigenvalue weighted by molar-refractivity contribution is 0.527. The van der Waals surface area contributed by atoms with Crippen molar-refractivity contribution in [1.82, 2.24) is 10.6 Å². The summed E-state index contributed by atoms with van der Waals surface area (Å²) in [6.07, 6.45) is 2.31. The van der Waals surface area contributed by atoms with Gasteiger partial charge >= 0.3 is 0 Å². The van der Waals surface area contributed by atoms with E-state index in [4.69, 9.17) is 0 Å². The van der Waals surface area contributed by atoms with Crippen molar-refractivity contribution in [2.45, 2.75) is 32.4 Å². The van der Waals surface area contributed by atoms with Crippen LogP contribution in [-0.2, 0) is 9.84 Å². The van der Waals surface area contributed by atoms with Crippen LogP contribution in [0.4, 0.5) is 0 Å². The lowest BCUT2D eigenvalue weighted by atomic mass is 10.2.